The predicted molar refractivity (Wildman–Crippen MR) is 71.9 cm³/mol. The first-order chi connectivity index (χ1) is 9.60. The maximum absolute atomic E-state index is 12.5. The summed E-state index contributed by atoms with van der Waals surface area (Å²) < 4.78 is 0. The standard InChI is InChI=1S/C15H16N2O3/c1-2-9-3-4-10-8-17(15(20)11(10)7-9)12-5-6-13(18)16-14(12)19/h3-4,7,12H,2,5-6,8H2,1H3,(H,16,18,19)/t12-/m1/s1. The molecule has 2 heterocycles. The number of hydrogen-bond donors (Lipinski definition) is 1. The van der Waals surface area contributed by atoms with E-state index in [0.717, 1.165) is 17.5 Å². The van der Waals surface area contributed by atoms with E-state index >= 15 is 0 Å². The van der Waals surface area contributed by atoms with Gasteiger partial charge < -0.3 is 4.90 Å². The Bertz CT molecular complexity index is 609. The number of nitrogens with one attached hydrogen (secondary N) is 1. The molecule has 104 valence electrons. The van der Waals surface area contributed by atoms with Gasteiger partial charge in [0.25, 0.3) is 5.91 Å². The summed E-state index contributed by atoms with van der Waals surface area (Å²) >= 11 is 0. The van der Waals surface area contributed by atoms with Crippen molar-refractivity contribution in [2.24, 2.45) is 0 Å². The fourth-order valence-corrected chi connectivity index (χ4v) is 2.82. The van der Waals surface area contributed by atoms with E-state index in [2.05, 4.69) is 5.32 Å². The van der Waals surface area contributed by atoms with Crippen LogP contribution in [0, 0.1) is 0 Å². The van der Waals surface area contributed by atoms with Crippen LogP contribution in [0.15, 0.2) is 18.2 Å². The number of rotatable bonds is 2. The minimum Gasteiger partial charge on any atom is -0.322 e. The smallest absolute Gasteiger partial charge is 0.255 e. The van der Waals surface area contributed by atoms with E-state index in [1.165, 1.54) is 0 Å². The first kappa shape index (κ1) is 12.8. The lowest BCUT2D eigenvalue weighted by molar-refractivity contribution is -0.136. The average Bonchev–Trinajstić information content (AvgIpc) is 2.76. The predicted octanol–water partition coefficient (Wildman–Crippen LogP) is 1.01. The third kappa shape index (κ3) is 1.99. The lowest BCUT2D eigenvalue weighted by Crippen LogP contribution is -2.52. The van der Waals surface area contributed by atoms with Crippen molar-refractivity contribution in [3.8, 4) is 0 Å². The summed E-state index contributed by atoms with van der Waals surface area (Å²) in [6, 6.07) is 5.35. The van der Waals surface area contributed by atoms with Gasteiger partial charge in [0.05, 0.1) is 0 Å². The van der Waals surface area contributed by atoms with E-state index in [0.29, 0.717) is 18.5 Å². The van der Waals surface area contributed by atoms with Crippen LogP contribution in [0.25, 0.3) is 0 Å². The molecular weight excluding hydrogens is 256 g/mol. The summed E-state index contributed by atoms with van der Waals surface area (Å²) in [4.78, 5) is 37.1. The summed E-state index contributed by atoms with van der Waals surface area (Å²) in [5.74, 6) is -0.730. The lowest BCUT2D eigenvalue weighted by atomic mass is 10.0. The van der Waals surface area contributed by atoms with Gasteiger partial charge in [-0.1, -0.05) is 19.1 Å². The molecule has 1 saturated heterocycles. The van der Waals surface area contributed by atoms with Crippen molar-refractivity contribution in [1.29, 1.82) is 0 Å². The van der Waals surface area contributed by atoms with Gasteiger partial charge in [0.15, 0.2) is 0 Å². The van der Waals surface area contributed by atoms with Crippen LogP contribution in [0.4, 0.5) is 0 Å². The van der Waals surface area contributed by atoms with Crippen molar-refractivity contribution in [2.45, 2.75) is 38.8 Å². The van der Waals surface area contributed by atoms with Gasteiger partial charge in [-0.3, -0.25) is 19.7 Å². The van der Waals surface area contributed by atoms with Gasteiger partial charge in [-0.05, 0) is 30.0 Å². The highest BCUT2D eigenvalue weighted by molar-refractivity contribution is 6.05. The first-order valence-corrected chi connectivity index (χ1v) is 6.86. The second-order valence-corrected chi connectivity index (χ2v) is 5.25. The zero-order valence-corrected chi connectivity index (χ0v) is 11.3. The van der Waals surface area contributed by atoms with Gasteiger partial charge in [0, 0.05) is 18.5 Å². The molecule has 1 atom stereocenters. The number of hydrogen-bond acceptors (Lipinski definition) is 3. The van der Waals surface area contributed by atoms with E-state index in [-0.39, 0.29) is 24.1 Å². The van der Waals surface area contributed by atoms with Crippen LogP contribution < -0.4 is 5.32 Å². The number of carbonyl (C=O) groups excluding carboxylic acids is 3. The Hall–Kier alpha value is -2.17. The van der Waals surface area contributed by atoms with Gasteiger partial charge in [0.1, 0.15) is 6.04 Å². The third-order valence-electron chi connectivity index (χ3n) is 4.00. The third-order valence-corrected chi connectivity index (χ3v) is 4.00. The van der Waals surface area contributed by atoms with Gasteiger partial charge in [-0.2, -0.15) is 0 Å². The second-order valence-electron chi connectivity index (χ2n) is 5.25. The summed E-state index contributed by atoms with van der Waals surface area (Å²) in [5.41, 5.74) is 2.76. The zero-order chi connectivity index (χ0) is 14.3. The normalized spacial score (nSPS) is 21.9. The van der Waals surface area contributed by atoms with Crippen molar-refractivity contribution in [3.63, 3.8) is 0 Å². The molecule has 3 amide bonds. The molecule has 5 heteroatoms. The Balaban J connectivity index is 1.86. The molecule has 0 bridgehead atoms. The molecule has 2 aliphatic heterocycles. The molecule has 5 nitrogen and oxygen atoms in total. The summed E-state index contributed by atoms with van der Waals surface area (Å²) in [7, 11) is 0. The number of imide groups is 1. The highest BCUT2D eigenvalue weighted by atomic mass is 16.2. The Morgan fingerprint density at radius 1 is 1.30 bits per heavy atom. The average molecular weight is 272 g/mol. The topological polar surface area (TPSA) is 66.5 Å². The van der Waals surface area contributed by atoms with Crippen LogP contribution in [0.3, 0.4) is 0 Å². The molecule has 2 aliphatic rings. The highest BCUT2D eigenvalue weighted by Crippen LogP contribution is 2.28. The van der Waals surface area contributed by atoms with Crippen molar-refractivity contribution < 1.29 is 14.4 Å². The van der Waals surface area contributed by atoms with E-state index in [9.17, 15) is 14.4 Å². The fourth-order valence-electron chi connectivity index (χ4n) is 2.82. The molecule has 0 unspecified atom stereocenters. The molecule has 1 aromatic carbocycles. The van der Waals surface area contributed by atoms with Gasteiger partial charge in [-0.15, -0.1) is 0 Å². The van der Waals surface area contributed by atoms with E-state index in [1.54, 1.807) is 4.90 Å². The Morgan fingerprint density at radius 3 is 2.80 bits per heavy atom. The van der Waals surface area contributed by atoms with Crippen LogP contribution in [0.2, 0.25) is 0 Å². The molecule has 0 radical (unpaired) electrons. The Labute approximate surface area is 116 Å². The first-order valence-electron chi connectivity index (χ1n) is 6.86. The molecule has 1 aromatic rings. The highest BCUT2D eigenvalue weighted by Gasteiger charge is 2.38. The maximum Gasteiger partial charge on any atom is 0.255 e. The number of carbonyl (C=O) groups is 3. The number of benzene rings is 1. The van der Waals surface area contributed by atoms with Crippen LogP contribution in [0.1, 0.15) is 41.3 Å². The number of piperidine rings is 1. The Morgan fingerprint density at radius 2 is 2.10 bits per heavy atom. The van der Waals surface area contributed by atoms with Gasteiger partial charge in [0.2, 0.25) is 11.8 Å². The quantitative estimate of drug-likeness (QED) is 0.817. The largest absolute Gasteiger partial charge is 0.322 e. The van der Waals surface area contributed by atoms with Gasteiger partial charge in [-0.25, -0.2) is 0 Å². The molecule has 0 aromatic heterocycles. The molecule has 1 fully saturated rings. The van der Waals surface area contributed by atoms with Crippen LogP contribution >= 0.6 is 0 Å². The lowest BCUT2D eigenvalue weighted by Gasteiger charge is -2.29. The number of nitrogens with zero attached hydrogens (tertiary/aromatic N) is 1. The SMILES string of the molecule is CCc1ccc2c(c1)C(=O)N([C@@H]1CCC(=O)NC1=O)C2. The van der Waals surface area contributed by atoms with Crippen LogP contribution in [-0.4, -0.2) is 28.7 Å². The zero-order valence-electron chi connectivity index (χ0n) is 11.3. The monoisotopic (exact) mass is 272 g/mol. The van der Waals surface area contributed by atoms with Crippen LogP contribution in [-0.2, 0) is 22.6 Å². The molecule has 0 spiro atoms. The molecule has 3 rings (SSSR count). The molecule has 0 aliphatic carbocycles. The molecular formula is C15H16N2O3. The number of fused-ring (bicyclic) bond motifs is 1. The minimum absolute atomic E-state index is 0.107. The maximum atomic E-state index is 12.5. The van der Waals surface area contributed by atoms with Crippen molar-refractivity contribution in [1.82, 2.24) is 10.2 Å². The van der Waals surface area contributed by atoms with Crippen molar-refractivity contribution >= 4 is 17.7 Å². The van der Waals surface area contributed by atoms with E-state index in [4.69, 9.17) is 0 Å². The van der Waals surface area contributed by atoms with Crippen molar-refractivity contribution in [3.05, 3.63) is 34.9 Å². The van der Waals surface area contributed by atoms with E-state index in [1.807, 2.05) is 25.1 Å². The second kappa shape index (κ2) is 4.74. The molecule has 1 N–H and O–H groups in total. The minimum atomic E-state index is -0.530. The number of aryl methyl sites for hydroxylation is 1. The van der Waals surface area contributed by atoms with Crippen molar-refractivity contribution in [2.75, 3.05) is 0 Å². The fraction of sp³-hybridized carbons (Fsp3) is 0.400. The molecule has 0 saturated carbocycles. The Kier molecular flexibility index (Phi) is 3.04. The molecule has 20 heavy (non-hydrogen) atoms. The summed E-state index contributed by atoms with van der Waals surface area (Å²) in [6.45, 7) is 2.49. The summed E-state index contributed by atoms with van der Waals surface area (Å²) in [6.07, 6.45) is 1.57. The van der Waals surface area contributed by atoms with Gasteiger partial charge >= 0.3 is 0 Å². The summed E-state index contributed by atoms with van der Waals surface area (Å²) in [5, 5.41) is 2.30. The number of amides is 3. The van der Waals surface area contributed by atoms with E-state index < -0.39 is 6.04 Å². The van der Waals surface area contributed by atoms with Crippen LogP contribution in [0.5, 0.6) is 0 Å².